The van der Waals surface area contributed by atoms with E-state index in [9.17, 15) is 4.79 Å². The maximum Gasteiger partial charge on any atom is 0.263 e. The molecular weight excluding hydrogens is 254 g/mol. The third-order valence-corrected chi connectivity index (χ3v) is 3.39. The first kappa shape index (κ1) is 13.2. The van der Waals surface area contributed by atoms with Crippen LogP contribution in [0.4, 0.5) is 0 Å². The minimum atomic E-state index is -0.557. The van der Waals surface area contributed by atoms with Gasteiger partial charge in [0.05, 0.1) is 6.10 Å². The number of halogens is 1. The van der Waals surface area contributed by atoms with Gasteiger partial charge in [-0.3, -0.25) is 4.79 Å². The SMILES string of the molecule is Cc1cc(OC(C)C(=O)N2CC(O)C2)ccc1Cl. The van der Waals surface area contributed by atoms with Crippen LogP contribution in [-0.4, -0.2) is 41.2 Å². The van der Waals surface area contributed by atoms with E-state index in [0.29, 0.717) is 23.9 Å². The Kier molecular flexibility index (Phi) is 3.78. The third-order valence-electron chi connectivity index (χ3n) is 2.96. The number of aliphatic hydroxyl groups excluding tert-OH is 1. The number of nitrogens with zero attached hydrogens (tertiary/aromatic N) is 1. The number of hydrogen-bond donors (Lipinski definition) is 1. The number of β-amino-alcohol motifs (C(OH)–C–C–N with tert-alkyl or cyclic N) is 1. The summed E-state index contributed by atoms with van der Waals surface area (Å²) in [5.74, 6) is 0.520. The van der Waals surface area contributed by atoms with Gasteiger partial charge in [0.15, 0.2) is 6.10 Å². The quantitative estimate of drug-likeness (QED) is 0.907. The van der Waals surface area contributed by atoms with Crippen LogP contribution in [0.15, 0.2) is 18.2 Å². The molecule has 0 spiro atoms. The topological polar surface area (TPSA) is 49.8 Å². The molecule has 0 radical (unpaired) electrons. The van der Waals surface area contributed by atoms with Crippen LogP contribution in [0.3, 0.4) is 0 Å². The van der Waals surface area contributed by atoms with Gasteiger partial charge in [0, 0.05) is 18.1 Å². The first-order chi connectivity index (χ1) is 8.47. The van der Waals surface area contributed by atoms with Crippen LogP contribution in [0, 0.1) is 6.92 Å². The van der Waals surface area contributed by atoms with Crippen LogP contribution < -0.4 is 4.74 Å². The molecule has 5 heteroatoms. The zero-order valence-electron chi connectivity index (χ0n) is 10.4. The van der Waals surface area contributed by atoms with Gasteiger partial charge in [0.25, 0.3) is 5.91 Å². The molecule has 0 aliphatic carbocycles. The summed E-state index contributed by atoms with van der Waals surface area (Å²) in [6, 6.07) is 5.29. The number of carbonyl (C=O) groups is 1. The van der Waals surface area contributed by atoms with Gasteiger partial charge in [-0.2, -0.15) is 0 Å². The summed E-state index contributed by atoms with van der Waals surface area (Å²) < 4.78 is 5.57. The van der Waals surface area contributed by atoms with E-state index in [1.54, 1.807) is 30.0 Å². The molecule has 1 unspecified atom stereocenters. The predicted octanol–water partition coefficient (Wildman–Crippen LogP) is 1.62. The van der Waals surface area contributed by atoms with Gasteiger partial charge >= 0.3 is 0 Å². The number of amides is 1. The minimum Gasteiger partial charge on any atom is -0.481 e. The first-order valence-corrected chi connectivity index (χ1v) is 6.25. The van der Waals surface area contributed by atoms with E-state index >= 15 is 0 Å². The van der Waals surface area contributed by atoms with E-state index in [0.717, 1.165) is 5.56 Å². The van der Waals surface area contributed by atoms with E-state index in [1.807, 2.05) is 6.92 Å². The molecule has 1 heterocycles. The number of hydrogen-bond acceptors (Lipinski definition) is 3. The lowest BCUT2D eigenvalue weighted by Gasteiger charge is -2.37. The number of likely N-dealkylation sites (tertiary alicyclic amines) is 1. The van der Waals surface area contributed by atoms with Crippen LogP contribution in [-0.2, 0) is 4.79 Å². The summed E-state index contributed by atoms with van der Waals surface area (Å²) in [6.45, 7) is 4.38. The smallest absolute Gasteiger partial charge is 0.263 e. The fraction of sp³-hybridized carbons (Fsp3) is 0.462. The number of rotatable bonds is 3. The first-order valence-electron chi connectivity index (χ1n) is 5.87. The molecule has 1 N–H and O–H groups in total. The normalized spacial score (nSPS) is 17.2. The monoisotopic (exact) mass is 269 g/mol. The number of carbonyl (C=O) groups excluding carboxylic acids is 1. The van der Waals surface area contributed by atoms with Crippen LogP contribution >= 0.6 is 11.6 Å². The summed E-state index contributed by atoms with van der Waals surface area (Å²) in [6.07, 6.45) is -0.947. The molecule has 1 amide bonds. The van der Waals surface area contributed by atoms with Crippen LogP contribution in [0.25, 0.3) is 0 Å². The number of aryl methyl sites for hydroxylation is 1. The lowest BCUT2D eigenvalue weighted by atomic mass is 10.1. The summed E-state index contributed by atoms with van der Waals surface area (Å²) in [7, 11) is 0. The van der Waals surface area contributed by atoms with Gasteiger partial charge < -0.3 is 14.7 Å². The van der Waals surface area contributed by atoms with Gasteiger partial charge in [-0.05, 0) is 37.6 Å². The average Bonchev–Trinajstić information content (AvgIpc) is 2.29. The Morgan fingerprint density at radius 3 is 2.78 bits per heavy atom. The summed E-state index contributed by atoms with van der Waals surface area (Å²) in [5.41, 5.74) is 0.910. The van der Waals surface area contributed by atoms with Crippen molar-refractivity contribution in [3.8, 4) is 5.75 Å². The zero-order valence-corrected chi connectivity index (χ0v) is 11.1. The fourth-order valence-corrected chi connectivity index (χ4v) is 1.95. The molecule has 1 saturated heterocycles. The zero-order chi connectivity index (χ0) is 13.3. The van der Waals surface area contributed by atoms with Crippen molar-refractivity contribution in [1.82, 2.24) is 4.90 Å². The Hall–Kier alpha value is -1.26. The second-order valence-electron chi connectivity index (χ2n) is 4.57. The standard InChI is InChI=1S/C13H16ClNO3/c1-8-5-11(3-4-12(8)14)18-9(2)13(17)15-6-10(16)7-15/h3-5,9-10,16H,6-7H2,1-2H3. The molecule has 98 valence electrons. The number of aliphatic hydroxyl groups is 1. The highest BCUT2D eigenvalue weighted by Crippen LogP contribution is 2.22. The van der Waals surface area contributed by atoms with Crippen molar-refractivity contribution in [2.24, 2.45) is 0 Å². The van der Waals surface area contributed by atoms with E-state index in [2.05, 4.69) is 0 Å². The van der Waals surface area contributed by atoms with Crippen molar-refractivity contribution < 1.29 is 14.6 Å². The molecule has 0 bridgehead atoms. The van der Waals surface area contributed by atoms with E-state index in [-0.39, 0.29) is 12.0 Å². The van der Waals surface area contributed by atoms with Gasteiger partial charge in [0.1, 0.15) is 5.75 Å². The Bertz CT molecular complexity index is 458. The van der Waals surface area contributed by atoms with Gasteiger partial charge in [-0.15, -0.1) is 0 Å². The van der Waals surface area contributed by atoms with Crippen molar-refractivity contribution in [1.29, 1.82) is 0 Å². The maximum absolute atomic E-state index is 11.9. The molecule has 1 aliphatic rings. The van der Waals surface area contributed by atoms with Crippen molar-refractivity contribution >= 4 is 17.5 Å². The Balaban J connectivity index is 1.96. The average molecular weight is 270 g/mol. The molecule has 2 rings (SSSR count). The van der Waals surface area contributed by atoms with Crippen molar-refractivity contribution in [3.05, 3.63) is 28.8 Å². The Morgan fingerprint density at radius 2 is 2.22 bits per heavy atom. The third kappa shape index (κ3) is 2.76. The van der Waals surface area contributed by atoms with Crippen LogP contribution in [0.2, 0.25) is 5.02 Å². The molecule has 1 aromatic carbocycles. The van der Waals surface area contributed by atoms with Crippen molar-refractivity contribution in [2.45, 2.75) is 26.1 Å². The Labute approximate surface area is 111 Å². The van der Waals surface area contributed by atoms with Crippen molar-refractivity contribution in [2.75, 3.05) is 13.1 Å². The highest BCUT2D eigenvalue weighted by molar-refractivity contribution is 6.31. The maximum atomic E-state index is 11.9. The number of benzene rings is 1. The molecule has 1 aliphatic heterocycles. The van der Waals surface area contributed by atoms with E-state index in [4.69, 9.17) is 21.4 Å². The number of ether oxygens (including phenoxy) is 1. The Morgan fingerprint density at radius 1 is 1.56 bits per heavy atom. The molecule has 18 heavy (non-hydrogen) atoms. The van der Waals surface area contributed by atoms with Gasteiger partial charge in [-0.25, -0.2) is 0 Å². The fourth-order valence-electron chi connectivity index (χ4n) is 1.84. The molecular formula is C13H16ClNO3. The molecule has 0 aromatic heterocycles. The molecule has 1 fully saturated rings. The van der Waals surface area contributed by atoms with Crippen LogP contribution in [0.5, 0.6) is 5.75 Å². The van der Waals surface area contributed by atoms with E-state index in [1.165, 1.54) is 0 Å². The van der Waals surface area contributed by atoms with Gasteiger partial charge in [-0.1, -0.05) is 11.6 Å². The molecule has 1 aromatic rings. The minimum absolute atomic E-state index is 0.104. The molecule has 0 saturated carbocycles. The summed E-state index contributed by atoms with van der Waals surface area (Å²) in [4.78, 5) is 13.5. The highest BCUT2D eigenvalue weighted by Gasteiger charge is 2.32. The van der Waals surface area contributed by atoms with E-state index < -0.39 is 6.10 Å². The second kappa shape index (κ2) is 5.16. The molecule has 1 atom stereocenters. The molecule has 4 nitrogen and oxygen atoms in total. The predicted molar refractivity (Wildman–Crippen MR) is 68.9 cm³/mol. The second-order valence-corrected chi connectivity index (χ2v) is 4.98. The van der Waals surface area contributed by atoms with Crippen molar-refractivity contribution in [3.63, 3.8) is 0 Å². The largest absolute Gasteiger partial charge is 0.481 e. The summed E-state index contributed by atoms with van der Waals surface area (Å²) in [5, 5.41) is 9.83. The highest BCUT2D eigenvalue weighted by atomic mass is 35.5. The van der Waals surface area contributed by atoms with Gasteiger partial charge in [0.2, 0.25) is 0 Å². The lowest BCUT2D eigenvalue weighted by molar-refractivity contribution is -0.148. The lowest BCUT2D eigenvalue weighted by Crippen LogP contribution is -2.56. The summed E-state index contributed by atoms with van der Waals surface area (Å²) >= 11 is 5.92. The van der Waals surface area contributed by atoms with Crippen LogP contribution in [0.1, 0.15) is 12.5 Å².